The van der Waals surface area contributed by atoms with Gasteiger partial charge < -0.3 is 14.6 Å². The Morgan fingerprint density at radius 2 is 2.00 bits per heavy atom. The first-order chi connectivity index (χ1) is 7.52. The van der Waals surface area contributed by atoms with Crippen LogP contribution in [0.2, 0.25) is 0 Å². The summed E-state index contributed by atoms with van der Waals surface area (Å²) in [5, 5.41) is 9.46. The number of aliphatic hydroxyl groups excluding tert-OH is 1. The third-order valence-corrected chi connectivity index (χ3v) is 3.96. The van der Waals surface area contributed by atoms with Crippen LogP contribution in [-0.2, 0) is 19.3 Å². The van der Waals surface area contributed by atoms with Crippen molar-refractivity contribution in [1.82, 2.24) is 0 Å². The van der Waals surface area contributed by atoms with E-state index in [9.17, 15) is 13.5 Å². The van der Waals surface area contributed by atoms with Gasteiger partial charge in [-0.15, -0.1) is 0 Å². The molecule has 1 N–H and O–H groups in total. The quantitative estimate of drug-likeness (QED) is 0.565. The highest BCUT2D eigenvalue weighted by atomic mass is 32.2. The molecule has 0 fully saturated rings. The fraction of sp³-hybridized carbons (Fsp3) is 1.00. The van der Waals surface area contributed by atoms with Gasteiger partial charge in [-0.2, -0.15) is 0 Å². The third-order valence-electron chi connectivity index (χ3n) is 2.17. The molecule has 6 heteroatoms. The van der Waals surface area contributed by atoms with Crippen molar-refractivity contribution in [3.63, 3.8) is 0 Å². The second-order valence-corrected chi connectivity index (χ2v) is 6.07. The van der Waals surface area contributed by atoms with E-state index in [2.05, 4.69) is 0 Å². The van der Waals surface area contributed by atoms with Crippen LogP contribution in [0.15, 0.2) is 0 Å². The summed E-state index contributed by atoms with van der Waals surface area (Å²) < 4.78 is 32.2. The van der Waals surface area contributed by atoms with Crippen molar-refractivity contribution in [2.24, 2.45) is 0 Å². The Hall–Kier alpha value is -0.170. The molecule has 0 aliphatic carbocycles. The predicted octanol–water partition coefficient (Wildman–Crippen LogP) is 0.225. The molecular formula is C10H22O5S. The summed E-state index contributed by atoms with van der Waals surface area (Å²) >= 11 is 0. The largest absolute Gasteiger partial charge is 0.391 e. The number of methoxy groups -OCH3 is 1. The summed E-state index contributed by atoms with van der Waals surface area (Å²) in [5.41, 5.74) is 0. The Bertz CT molecular complexity index is 250. The number of aliphatic hydroxyl groups is 1. The molecule has 0 aliphatic rings. The zero-order valence-corrected chi connectivity index (χ0v) is 10.8. The van der Waals surface area contributed by atoms with Crippen LogP contribution in [0.3, 0.4) is 0 Å². The molecule has 0 saturated carbocycles. The highest BCUT2D eigenvalue weighted by Crippen LogP contribution is 2.02. The monoisotopic (exact) mass is 254 g/mol. The smallest absolute Gasteiger partial charge is 0.150 e. The summed E-state index contributed by atoms with van der Waals surface area (Å²) in [6, 6.07) is 0. The average Bonchev–Trinajstić information content (AvgIpc) is 2.24. The van der Waals surface area contributed by atoms with Crippen LogP contribution in [0.5, 0.6) is 0 Å². The van der Waals surface area contributed by atoms with Gasteiger partial charge in [0.1, 0.15) is 9.84 Å². The minimum atomic E-state index is -2.92. The van der Waals surface area contributed by atoms with E-state index >= 15 is 0 Å². The van der Waals surface area contributed by atoms with E-state index < -0.39 is 15.9 Å². The van der Waals surface area contributed by atoms with Gasteiger partial charge in [-0.05, 0) is 12.8 Å². The molecule has 0 aromatic carbocycles. The van der Waals surface area contributed by atoms with Gasteiger partial charge in [0, 0.05) is 12.9 Å². The molecule has 16 heavy (non-hydrogen) atoms. The average molecular weight is 254 g/mol. The molecule has 0 bridgehead atoms. The molecule has 0 amide bonds. The highest BCUT2D eigenvalue weighted by molar-refractivity contribution is 7.91. The van der Waals surface area contributed by atoms with Gasteiger partial charge in [0.2, 0.25) is 0 Å². The van der Waals surface area contributed by atoms with E-state index in [0.29, 0.717) is 26.1 Å². The summed E-state index contributed by atoms with van der Waals surface area (Å²) in [6.07, 6.45) is 0.334. The Morgan fingerprint density at radius 1 is 1.31 bits per heavy atom. The maximum Gasteiger partial charge on any atom is 0.150 e. The summed E-state index contributed by atoms with van der Waals surface area (Å²) in [4.78, 5) is 0. The number of hydrogen-bond donors (Lipinski definition) is 1. The lowest BCUT2D eigenvalue weighted by molar-refractivity contribution is 0.0103. The highest BCUT2D eigenvalue weighted by Gasteiger charge is 2.09. The lowest BCUT2D eigenvalue weighted by atomic mass is 10.2. The summed E-state index contributed by atoms with van der Waals surface area (Å²) in [6.45, 7) is 2.80. The van der Waals surface area contributed by atoms with Crippen LogP contribution in [-0.4, -0.2) is 58.1 Å². The van der Waals surface area contributed by atoms with E-state index in [1.165, 1.54) is 0 Å². The van der Waals surface area contributed by atoms with Crippen molar-refractivity contribution >= 4 is 9.84 Å². The first-order valence-electron chi connectivity index (χ1n) is 5.47. The number of sulfone groups is 1. The van der Waals surface area contributed by atoms with E-state index in [0.717, 1.165) is 0 Å². The van der Waals surface area contributed by atoms with Crippen molar-refractivity contribution in [2.45, 2.75) is 25.9 Å². The zero-order chi connectivity index (χ0) is 12.4. The Morgan fingerprint density at radius 3 is 2.56 bits per heavy atom. The van der Waals surface area contributed by atoms with E-state index in [1.54, 1.807) is 14.0 Å². The third kappa shape index (κ3) is 9.08. The van der Waals surface area contributed by atoms with Gasteiger partial charge in [0.25, 0.3) is 0 Å². The standard InChI is InChI=1S/C10H22O5S/c1-3-16(12,13)8-4-5-10(11)9-15-7-6-14-2/h10-11H,3-9H2,1-2H3. The van der Waals surface area contributed by atoms with E-state index in [4.69, 9.17) is 9.47 Å². The molecule has 0 radical (unpaired) electrons. The SMILES string of the molecule is CCS(=O)(=O)CCCC(O)COCCOC. The molecule has 0 aromatic rings. The van der Waals surface area contributed by atoms with Gasteiger partial charge in [0.05, 0.1) is 31.7 Å². The maximum absolute atomic E-state index is 11.2. The van der Waals surface area contributed by atoms with Crippen LogP contribution in [0.25, 0.3) is 0 Å². The molecule has 0 aromatic heterocycles. The maximum atomic E-state index is 11.2. The molecule has 1 atom stereocenters. The summed E-state index contributed by atoms with van der Waals surface area (Å²) in [5.74, 6) is 0.298. The zero-order valence-electron chi connectivity index (χ0n) is 10.0. The second-order valence-electron chi connectivity index (χ2n) is 3.60. The summed E-state index contributed by atoms with van der Waals surface area (Å²) in [7, 11) is -1.34. The van der Waals surface area contributed by atoms with Crippen molar-refractivity contribution < 1.29 is 23.0 Å². The fourth-order valence-corrected chi connectivity index (χ4v) is 2.02. The molecule has 98 valence electrons. The normalized spacial score (nSPS) is 13.9. The van der Waals surface area contributed by atoms with Gasteiger partial charge in [-0.3, -0.25) is 0 Å². The van der Waals surface area contributed by atoms with Crippen LogP contribution >= 0.6 is 0 Å². The fourth-order valence-electron chi connectivity index (χ4n) is 1.13. The van der Waals surface area contributed by atoms with Crippen LogP contribution in [0.1, 0.15) is 19.8 Å². The van der Waals surface area contributed by atoms with Crippen molar-refractivity contribution in [2.75, 3.05) is 38.4 Å². The molecule has 0 spiro atoms. The van der Waals surface area contributed by atoms with E-state index in [-0.39, 0.29) is 18.1 Å². The van der Waals surface area contributed by atoms with E-state index in [1.807, 2.05) is 0 Å². The molecule has 0 saturated heterocycles. The van der Waals surface area contributed by atoms with Crippen molar-refractivity contribution in [1.29, 1.82) is 0 Å². The molecule has 0 rings (SSSR count). The molecular weight excluding hydrogens is 232 g/mol. The van der Waals surface area contributed by atoms with Crippen LogP contribution in [0, 0.1) is 0 Å². The molecule has 0 aliphatic heterocycles. The Labute approximate surface area is 97.7 Å². The van der Waals surface area contributed by atoms with Gasteiger partial charge in [-0.25, -0.2) is 8.42 Å². The number of hydrogen-bond acceptors (Lipinski definition) is 5. The molecule has 5 nitrogen and oxygen atoms in total. The lowest BCUT2D eigenvalue weighted by Crippen LogP contribution is -2.19. The topological polar surface area (TPSA) is 72.8 Å². The van der Waals surface area contributed by atoms with Crippen LogP contribution in [0.4, 0.5) is 0 Å². The minimum absolute atomic E-state index is 0.138. The van der Waals surface area contributed by atoms with Gasteiger partial charge in [-0.1, -0.05) is 6.92 Å². The predicted molar refractivity (Wildman–Crippen MR) is 62.3 cm³/mol. The Kier molecular flexibility index (Phi) is 8.83. The van der Waals surface area contributed by atoms with Gasteiger partial charge in [0.15, 0.2) is 0 Å². The lowest BCUT2D eigenvalue weighted by Gasteiger charge is -2.10. The molecule has 0 heterocycles. The Balaban J connectivity index is 3.47. The number of rotatable bonds is 10. The van der Waals surface area contributed by atoms with Crippen LogP contribution < -0.4 is 0 Å². The molecule has 1 unspecified atom stereocenters. The van der Waals surface area contributed by atoms with Crippen molar-refractivity contribution in [3.05, 3.63) is 0 Å². The first kappa shape index (κ1) is 15.8. The minimum Gasteiger partial charge on any atom is -0.391 e. The van der Waals surface area contributed by atoms with Gasteiger partial charge >= 0.3 is 0 Å². The first-order valence-corrected chi connectivity index (χ1v) is 7.29. The second kappa shape index (κ2) is 8.92. The number of ether oxygens (including phenoxy) is 2. The van der Waals surface area contributed by atoms with Crippen molar-refractivity contribution in [3.8, 4) is 0 Å².